The average Bonchev–Trinajstić information content (AvgIpc) is 2.79. The van der Waals surface area contributed by atoms with Gasteiger partial charge in [-0.25, -0.2) is 15.0 Å². The number of aliphatic imine (C=N–C) groups is 1. The van der Waals surface area contributed by atoms with E-state index in [1.807, 2.05) is 48.5 Å². The molecule has 31 heavy (non-hydrogen) atoms. The molecule has 0 atom stereocenters. The lowest BCUT2D eigenvalue weighted by molar-refractivity contribution is 0.0998. The van der Waals surface area contributed by atoms with Gasteiger partial charge in [-0.3, -0.25) is 4.79 Å². The lowest BCUT2D eigenvalue weighted by atomic mass is 10.1. The molecule has 1 fully saturated rings. The second kappa shape index (κ2) is 8.66. The number of carbonyl (C=O) groups excluding carboxylic acids is 1. The number of nitrogens with two attached hydrogens (primary N) is 3. The van der Waals surface area contributed by atoms with Crippen molar-refractivity contribution in [1.29, 1.82) is 0 Å². The second-order valence-corrected chi connectivity index (χ2v) is 7.00. The number of hydrogen-bond acceptors (Lipinski definition) is 7. The molecule has 0 radical (unpaired) electrons. The van der Waals surface area contributed by atoms with E-state index in [9.17, 15) is 4.79 Å². The first-order chi connectivity index (χ1) is 15.0. The van der Waals surface area contributed by atoms with Gasteiger partial charge in [-0.05, 0) is 12.1 Å². The zero-order valence-electron chi connectivity index (χ0n) is 16.8. The Balaban J connectivity index is 1.68. The Hall–Kier alpha value is -4.21. The Bertz CT molecular complexity index is 1090. The Morgan fingerprint density at radius 3 is 2.23 bits per heavy atom. The molecule has 6 N–H and O–H groups in total. The average molecular weight is 417 g/mol. The predicted octanol–water partition coefficient (Wildman–Crippen LogP) is 0.861. The van der Waals surface area contributed by atoms with Crippen LogP contribution in [0, 0.1) is 0 Å². The minimum atomic E-state index is -0.728. The van der Waals surface area contributed by atoms with Gasteiger partial charge in [0, 0.05) is 37.9 Å². The van der Waals surface area contributed by atoms with Gasteiger partial charge < -0.3 is 27.0 Å². The number of nitrogens with zero attached hydrogens (tertiary/aromatic N) is 6. The summed E-state index contributed by atoms with van der Waals surface area (Å²) in [5.74, 6) is 0.451. The molecule has 3 aromatic rings. The fraction of sp³-hybridized carbons (Fsp3) is 0.190. The van der Waals surface area contributed by atoms with Gasteiger partial charge in [0.25, 0.3) is 0 Å². The topological polar surface area (TPSA) is 153 Å². The van der Waals surface area contributed by atoms with Crippen molar-refractivity contribution in [3.8, 4) is 11.3 Å². The third-order valence-electron chi connectivity index (χ3n) is 4.94. The van der Waals surface area contributed by atoms with Crippen LogP contribution in [-0.4, -0.2) is 53.0 Å². The van der Waals surface area contributed by atoms with Crippen LogP contribution in [0.1, 0.15) is 10.5 Å². The molecule has 1 aliphatic heterocycles. The van der Waals surface area contributed by atoms with Gasteiger partial charge in [-0.1, -0.05) is 36.4 Å². The van der Waals surface area contributed by atoms with Crippen molar-refractivity contribution < 1.29 is 4.79 Å². The van der Waals surface area contributed by atoms with E-state index in [-0.39, 0.29) is 17.5 Å². The molecule has 10 heteroatoms. The van der Waals surface area contributed by atoms with Crippen molar-refractivity contribution in [2.45, 2.75) is 0 Å². The number of piperazine rings is 1. The number of pyridine rings is 1. The van der Waals surface area contributed by atoms with Gasteiger partial charge >= 0.3 is 5.91 Å². The van der Waals surface area contributed by atoms with E-state index in [0.717, 1.165) is 24.5 Å². The summed E-state index contributed by atoms with van der Waals surface area (Å²) < 4.78 is 0. The number of amides is 1. The molecule has 158 valence electrons. The fourth-order valence-electron chi connectivity index (χ4n) is 3.46. The van der Waals surface area contributed by atoms with Crippen LogP contribution in [0.25, 0.3) is 11.3 Å². The molecule has 0 bridgehead atoms. The number of benzene rings is 1. The smallest absolute Gasteiger partial charge is 0.302 e. The molecular weight excluding hydrogens is 394 g/mol. The summed E-state index contributed by atoms with van der Waals surface area (Å²) in [6.45, 7) is 2.93. The van der Waals surface area contributed by atoms with E-state index in [1.54, 1.807) is 6.20 Å². The molecule has 1 amide bonds. The highest BCUT2D eigenvalue weighted by molar-refractivity contribution is 6.04. The van der Waals surface area contributed by atoms with Crippen LogP contribution in [0.15, 0.2) is 59.7 Å². The molecule has 4 rings (SSSR count). The third kappa shape index (κ3) is 4.37. The third-order valence-corrected chi connectivity index (χ3v) is 4.94. The number of guanidine groups is 1. The van der Waals surface area contributed by atoms with Gasteiger partial charge in [0.15, 0.2) is 23.3 Å². The van der Waals surface area contributed by atoms with Crippen LogP contribution in [0.2, 0.25) is 0 Å². The van der Waals surface area contributed by atoms with Crippen LogP contribution < -0.4 is 27.0 Å². The first-order valence-electron chi connectivity index (χ1n) is 9.81. The maximum absolute atomic E-state index is 12.4. The van der Waals surface area contributed by atoms with Crippen molar-refractivity contribution in [2.75, 3.05) is 41.7 Å². The molecule has 0 unspecified atom stereocenters. The fourth-order valence-corrected chi connectivity index (χ4v) is 3.46. The molecule has 1 aromatic carbocycles. The molecule has 1 aliphatic rings. The highest BCUT2D eigenvalue weighted by Gasteiger charge is 2.25. The van der Waals surface area contributed by atoms with E-state index >= 15 is 0 Å². The molecule has 3 heterocycles. The normalized spacial score (nSPS) is 13.7. The molecule has 0 spiro atoms. The predicted molar refractivity (Wildman–Crippen MR) is 121 cm³/mol. The number of carbonyl (C=O) groups is 1. The number of hydrogen-bond donors (Lipinski definition) is 3. The minimum Gasteiger partial charge on any atom is -0.382 e. The maximum atomic E-state index is 12.4. The van der Waals surface area contributed by atoms with Gasteiger partial charge in [0.05, 0.1) is 0 Å². The summed E-state index contributed by atoms with van der Waals surface area (Å²) in [6, 6.07) is 15.4. The van der Waals surface area contributed by atoms with Crippen molar-refractivity contribution in [3.05, 3.63) is 60.4 Å². The maximum Gasteiger partial charge on any atom is 0.302 e. The van der Waals surface area contributed by atoms with Gasteiger partial charge in [0.2, 0.25) is 0 Å². The van der Waals surface area contributed by atoms with E-state index in [1.165, 1.54) is 0 Å². The lowest BCUT2D eigenvalue weighted by Crippen LogP contribution is -2.47. The Morgan fingerprint density at radius 2 is 1.58 bits per heavy atom. The summed E-state index contributed by atoms with van der Waals surface area (Å²) in [6.07, 6.45) is 1.79. The largest absolute Gasteiger partial charge is 0.382 e. The summed E-state index contributed by atoms with van der Waals surface area (Å²) in [5, 5.41) is 0. The van der Waals surface area contributed by atoms with E-state index in [0.29, 0.717) is 24.6 Å². The van der Waals surface area contributed by atoms with Gasteiger partial charge in [0.1, 0.15) is 11.5 Å². The molecule has 0 saturated carbocycles. The molecule has 0 aliphatic carbocycles. The van der Waals surface area contributed by atoms with Gasteiger partial charge in [-0.15, -0.1) is 0 Å². The minimum absolute atomic E-state index is 0.0168. The quantitative estimate of drug-likeness (QED) is 0.414. The van der Waals surface area contributed by atoms with E-state index in [2.05, 4.69) is 29.7 Å². The zero-order valence-corrected chi connectivity index (χ0v) is 16.8. The monoisotopic (exact) mass is 417 g/mol. The summed E-state index contributed by atoms with van der Waals surface area (Å²) in [5.41, 5.74) is 18.0. The van der Waals surface area contributed by atoms with Crippen LogP contribution >= 0.6 is 0 Å². The highest BCUT2D eigenvalue weighted by Crippen LogP contribution is 2.30. The van der Waals surface area contributed by atoms with Crippen molar-refractivity contribution >= 4 is 29.3 Å². The van der Waals surface area contributed by atoms with E-state index in [4.69, 9.17) is 17.2 Å². The standard InChI is InChI=1S/C21H23N9O/c22-18-17(20(31)28-21(23)24)26-16(14-6-2-1-3-7-14)19(27-18)30-12-10-29(11-13-30)15-8-4-5-9-25-15/h1-9H,10-13H2,(H2,22,27)(H4,23,24,28,31). The highest BCUT2D eigenvalue weighted by atomic mass is 16.1. The second-order valence-electron chi connectivity index (χ2n) is 7.00. The first kappa shape index (κ1) is 20.1. The van der Waals surface area contributed by atoms with Crippen LogP contribution in [-0.2, 0) is 0 Å². The Labute approximate surface area is 179 Å². The lowest BCUT2D eigenvalue weighted by Gasteiger charge is -2.36. The molecular formula is C21H23N9O. The van der Waals surface area contributed by atoms with Crippen molar-refractivity contribution in [2.24, 2.45) is 16.5 Å². The Morgan fingerprint density at radius 1 is 0.903 bits per heavy atom. The first-order valence-corrected chi connectivity index (χ1v) is 9.81. The van der Waals surface area contributed by atoms with Crippen LogP contribution in [0.5, 0.6) is 0 Å². The van der Waals surface area contributed by atoms with Crippen molar-refractivity contribution in [1.82, 2.24) is 15.0 Å². The zero-order chi connectivity index (χ0) is 21.8. The number of aromatic nitrogens is 3. The summed E-state index contributed by atoms with van der Waals surface area (Å²) in [4.78, 5) is 33.8. The van der Waals surface area contributed by atoms with Gasteiger partial charge in [-0.2, -0.15) is 4.99 Å². The molecule has 10 nitrogen and oxygen atoms in total. The number of nitrogen functional groups attached to an aromatic ring is 1. The summed E-state index contributed by atoms with van der Waals surface area (Å²) >= 11 is 0. The van der Waals surface area contributed by atoms with Crippen LogP contribution in [0.4, 0.5) is 17.5 Å². The number of rotatable bonds is 4. The SMILES string of the molecule is NC(N)=NC(=O)c1nc(-c2ccccc2)c(N2CCN(c3ccccn3)CC2)nc1N. The number of anilines is 3. The summed E-state index contributed by atoms with van der Waals surface area (Å²) in [7, 11) is 0. The van der Waals surface area contributed by atoms with Crippen LogP contribution in [0.3, 0.4) is 0 Å². The van der Waals surface area contributed by atoms with E-state index < -0.39 is 5.91 Å². The Kier molecular flexibility index (Phi) is 5.61. The molecule has 1 saturated heterocycles. The van der Waals surface area contributed by atoms with Crippen molar-refractivity contribution in [3.63, 3.8) is 0 Å². The molecule has 2 aromatic heterocycles.